The van der Waals surface area contributed by atoms with Gasteiger partial charge in [-0.3, -0.25) is 4.79 Å². The van der Waals surface area contributed by atoms with Gasteiger partial charge in [0.05, 0.1) is 7.11 Å². The molecule has 19 heavy (non-hydrogen) atoms. The zero-order chi connectivity index (χ0) is 14.3. The molecule has 0 saturated heterocycles. The monoisotopic (exact) mass is 288 g/mol. The first-order valence-electron chi connectivity index (χ1n) is 6.68. The SMILES string of the molecule is COC(=O)C(CNC1CCCC(SC)C1)NC(C)=O. The Morgan fingerprint density at radius 1 is 1.42 bits per heavy atom. The van der Waals surface area contributed by atoms with Crippen LogP contribution in [0.1, 0.15) is 32.6 Å². The fraction of sp³-hybridized carbons (Fsp3) is 0.846. The number of amides is 1. The minimum atomic E-state index is -0.600. The van der Waals surface area contributed by atoms with Crippen LogP contribution < -0.4 is 10.6 Å². The topological polar surface area (TPSA) is 67.4 Å². The normalized spacial score (nSPS) is 24.6. The Hall–Kier alpha value is -0.750. The van der Waals surface area contributed by atoms with Crippen LogP contribution in [0.3, 0.4) is 0 Å². The molecule has 1 aliphatic carbocycles. The summed E-state index contributed by atoms with van der Waals surface area (Å²) >= 11 is 1.90. The molecule has 1 fully saturated rings. The van der Waals surface area contributed by atoms with Crippen LogP contribution in [0.25, 0.3) is 0 Å². The number of esters is 1. The third kappa shape index (κ3) is 5.82. The average Bonchev–Trinajstić information content (AvgIpc) is 2.42. The van der Waals surface area contributed by atoms with E-state index in [4.69, 9.17) is 4.74 Å². The molecule has 0 aromatic carbocycles. The largest absolute Gasteiger partial charge is 0.467 e. The molecular formula is C13H24N2O3S. The number of methoxy groups -OCH3 is 1. The quantitative estimate of drug-likeness (QED) is 0.712. The Kier molecular flexibility index (Phi) is 7.23. The van der Waals surface area contributed by atoms with E-state index in [1.54, 1.807) is 0 Å². The van der Waals surface area contributed by atoms with E-state index >= 15 is 0 Å². The Labute approximate surface area is 119 Å². The highest BCUT2D eigenvalue weighted by atomic mass is 32.2. The Bertz CT molecular complexity index is 312. The van der Waals surface area contributed by atoms with E-state index < -0.39 is 12.0 Å². The summed E-state index contributed by atoms with van der Waals surface area (Å²) in [5.74, 6) is -0.622. The first-order valence-corrected chi connectivity index (χ1v) is 7.96. The minimum absolute atomic E-state index is 0.220. The van der Waals surface area contributed by atoms with Crippen molar-refractivity contribution in [1.82, 2.24) is 10.6 Å². The summed E-state index contributed by atoms with van der Waals surface area (Å²) in [6.45, 7) is 1.83. The lowest BCUT2D eigenvalue weighted by molar-refractivity contribution is -0.144. The number of hydrogen-bond donors (Lipinski definition) is 2. The molecule has 1 amide bonds. The smallest absolute Gasteiger partial charge is 0.329 e. The number of thioether (sulfide) groups is 1. The van der Waals surface area contributed by atoms with E-state index in [0.717, 1.165) is 12.8 Å². The van der Waals surface area contributed by atoms with Crippen LogP contribution in [0, 0.1) is 0 Å². The van der Waals surface area contributed by atoms with Gasteiger partial charge in [-0.15, -0.1) is 0 Å². The zero-order valence-electron chi connectivity index (χ0n) is 11.9. The van der Waals surface area contributed by atoms with Crippen LogP contribution in [0.4, 0.5) is 0 Å². The maximum absolute atomic E-state index is 11.6. The predicted molar refractivity (Wildman–Crippen MR) is 77.2 cm³/mol. The van der Waals surface area contributed by atoms with Crippen molar-refractivity contribution < 1.29 is 14.3 Å². The van der Waals surface area contributed by atoms with Crippen LogP contribution in [0.2, 0.25) is 0 Å². The molecule has 0 aliphatic heterocycles. The average molecular weight is 288 g/mol. The summed E-state index contributed by atoms with van der Waals surface area (Å²) in [5.41, 5.74) is 0. The Morgan fingerprint density at radius 2 is 2.16 bits per heavy atom. The summed E-state index contributed by atoms with van der Waals surface area (Å²) in [6, 6.07) is -0.177. The molecule has 1 saturated carbocycles. The van der Waals surface area contributed by atoms with Gasteiger partial charge in [-0.25, -0.2) is 4.79 Å². The molecule has 0 bridgehead atoms. The highest BCUT2D eigenvalue weighted by Crippen LogP contribution is 2.26. The van der Waals surface area contributed by atoms with Crippen molar-refractivity contribution in [1.29, 1.82) is 0 Å². The van der Waals surface area contributed by atoms with E-state index in [0.29, 0.717) is 17.8 Å². The second kappa shape index (κ2) is 8.43. The van der Waals surface area contributed by atoms with E-state index in [-0.39, 0.29) is 5.91 Å². The van der Waals surface area contributed by atoms with Crippen LogP contribution in [0.15, 0.2) is 0 Å². The van der Waals surface area contributed by atoms with Gasteiger partial charge in [-0.2, -0.15) is 11.8 Å². The summed E-state index contributed by atoms with van der Waals surface area (Å²) in [5, 5.41) is 6.69. The first kappa shape index (κ1) is 16.3. The van der Waals surface area contributed by atoms with E-state index in [1.165, 1.54) is 26.9 Å². The molecular weight excluding hydrogens is 264 g/mol. The van der Waals surface area contributed by atoms with Crippen molar-refractivity contribution in [3.05, 3.63) is 0 Å². The second-order valence-corrected chi connectivity index (χ2v) is 6.04. The van der Waals surface area contributed by atoms with Crippen molar-refractivity contribution in [3.63, 3.8) is 0 Å². The van der Waals surface area contributed by atoms with E-state index in [9.17, 15) is 9.59 Å². The number of nitrogens with one attached hydrogen (secondary N) is 2. The molecule has 5 nitrogen and oxygen atoms in total. The third-order valence-electron chi connectivity index (χ3n) is 3.43. The number of carbonyl (C=O) groups is 2. The van der Waals surface area contributed by atoms with Gasteiger partial charge >= 0.3 is 5.97 Å². The van der Waals surface area contributed by atoms with Crippen molar-refractivity contribution in [2.45, 2.75) is 49.9 Å². The van der Waals surface area contributed by atoms with Crippen LogP contribution in [-0.4, -0.2) is 49.1 Å². The molecule has 1 aliphatic rings. The maximum atomic E-state index is 11.6. The van der Waals surface area contributed by atoms with Gasteiger partial charge in [0.2, 0.25) is 5.91 Å². The number of ether oxygens (including phenoxy) is 1. The molecule has 0 aromatic heterocycles. The molecule has 6 heteroatoms. The molecule has 3 unspecified atom stereocenters. The molecule has 110 valence electrons. The highest BCUT2D eigenvalue weighted by Gasteiger charge is 2.24. The maximum Gasteiger partial charge on any atom is 0.329 e. The number of hydrogen-bond acceptors (Lipinski definition) is 5. The highest BCUT2D eigenvalue weighted by molar-refractivity contribution is 7.99. The second-order valence-electron chi connectivity index (χ2n) is 4.91. The van der Waals surface area contributed by atoms with Crippen LogP contribution in [-0.2, 0) is 14.3 Å². The number of carbonyl (C=O) groups excluding carboxylic acids is 2. The van der Waals surface area contributed by atoms with Crippen molar-refractivity contribution in [3.8, 4) is 0 Å². The van der Waals surface area contributed by atoms with E-state index in [1.807, 2.05) is 11.8 Å². The lowest BCUT2D eigenvalue weighted by atomic mass is 9.95. The lowest BCUT2D eigenvalue weighted by Gasteiger charge is -2.29. The molecule has 0 aromatic rings. The minimum Gasteiger partial charge on any atom is -0.467 e. The Balaban J connectivity index is 2.42. The van der Waals surface area contributed by atoms with Gasteiger partial charge in [0.15, 0.2) is 0 Å². The molecule has 3 atom stereocenters. The summed E-state index contributed by atoms with van der Waals surface area (Å²) in [4.78, 5) is 22.6. The molecule has 1 rings (SSSR count). The fourth-order valence-electron chi connectivity index (χ4n) is 2.41. The summed E-state index contributed by atoms with van der Waals surface area (Å²) in [7, 11) is 1.33. The number of rotatable bonds is 6. The third-order valence-corrected chi connectivity index (χ3v) is 4.53. The van der Waals surface area contributed by atoms with Crippen molar-refractivity contribution >= 4 is 23.6 Å². The molecule has 0 heterocycles. The van der Waals surface area contributed by atoms with Crippen molar-refractivity contribution in [2.75, 3.05) is 19.9 Å². The summed E-state index contributed by atoms with van der Waals surface area (Å²) in [6.07, 6.45) is 6.87. The standard InChI is InChI=1S/C13H24N2O3S/c1-9(16)15-12(13(17)18-2)8-14-10-5-4-6-11(7-10)19-3/h10-12,14H,4-8H2,1-3H3,(H,15,16). The van der Waals surface area contributed by atoms with E-state index in [2.05, 4.69) is 16.9 Å². The Morgan fingerprint density at radius 3 is 2.74 bits per heavy atom. The fourth-order valence-corrected chi connectivity index (χ4v) is 3.24. The lowest BCUT2D eigenvalue weighted by Crippen LogP contribution is -2.50. The molecule has 2 N–H and O–H groups in total. The van der Waals surface area contributed by atoms with Gasteiger partial charge in [0.25, 0.3) is 0 Å². The van der Waals surface area contributed by atoms with Crippen molar-refractivity contribution in [2.24, 2.45) is 0 Å². The first-order chi connectivity index (χ1) is 9.06. The van der Waals surface area contributed by atoms with Gasteiger partial charge in [0.1, 0.15) is 6.04 Å². The molecule has 0 spiro atoms. The van der Waals surface area contributed by atoms with Crippen LogP contribution in [0.5, 0.6) is 0 Å². The van der Waals surface area contributed by atoms with Gasteiger partial charge in [-0.1, -0.05) is 6.42 Å². The predicted octanol–water partition coefficient (Wildman–Crippen LogP) is 0.928. The molecule has 0 radical (unpaired) electrons. The van der Waals surface area contributed by atoms with Gasteiger partial charge in [-0.05, 0) is 25.5 Å². The zero-order valence-corrected chi connectivity index (χ0v) is 12.7. The van der Waals surface area contributed by atoms with Gasteiger partial charge in [0, 0.05) is 24.8 Å². The van der Waals surface area contributed by atoms with Crippen LogP contribution >= 0.6 is 11.8 Å². The van der Waals surface area contributed by atoms with Gasteiger partial charge < -0.3 is 15.4 Å². The summed E-state index contributed by atoms with van der Waals surface area (Å²) < 4.78 is 4.70.